The third kappa shape index (κ3) is 4.56. The first kappa shape index (κ1) is 16.0. The Bertz CT molecular complexity index is 702. The zero-order chi connectivity index (χ0) is 16.1. The number of benzene rings is 2. The topological polar surface area (TPSA) is 58.2 Å². The van der Waals surface area contributed by atoms with Gasteiger partial charge in [-0.2, -0.15) is 0 Å². The standard InChI is InChI=1S/C16H14ClFN2O2/c1-10(21)19-15-9-13(6-7-14(15)18)20-16(22)8-11-2-4-12(17)5-3-11/h2-7,9H,8H2,1H3,(H,19,21)(H,20,22). The van der Waals surface area contributed by atoms with Gasteiger partial charge in [0, 0.05) is 17.6 Å². The van der Waals surface area contributed by atoms with Crippen molar-refractivity contribution in [2.75, 3.05) is 10.6 Å². The molecule has 4 nitrogen and oxygen atoms in total. The molecule has 0 unspecified atom stereocenters. The second-order valence-corrected chi connectivity index (χ2v) is 5.16. The third-order valence-corrected chi connectivity index (χ3v) is 3.09. The lowest BCUT2D eigenvalue weighted by Crippen LogP contribution is -2.15. The fourth-order valence-corrected chi connectivity index (χ4v) is 2.01. The molecule has 0 saturated heterocycles. The normalized spacial score (nSPS) is 10.1. The summed E-state index contributed by atoms with van der Waals surface area (Å²) in [4.78, 5) is 23.0. The zero-order valence-electron chi connectivity index (χ0n) is 11.8. The van der Waals surface area contributed by atoms with E-state index in [0.29, 0.717) is 10.7 Å². The molecular formula is C16H14ClFN2O2. The van der Waals surface area contributed by atoms with E-state index in [2.05, 4.69) is 10.6 Å². The fraction of sp³-hybridized carbons (Fsp3) is 0.125. The Morgan fingerprint density at radius 3 is 2.41 bits per heavy atom. The number of carbonyl (C=O) groups is 2. The maximum Gasteiger partial charge on any atom is 0.228 e. The summed E-state index contributed by atoms with van der Waals surface area (Å²) in [5, 5.41) is 5.62. The lowest BCUT2D eigenvalue weighted by Gasteiger charge is -2.09. The minimum Gasteiger partial charge on any atom is -0.326 e. The molecule has 2 N–H and O–H groups in total. The number of halogens is 2. The quantitative estimate of drug-likeness (QED) is 0.904. The molecule has 22 heavy (non-hydrogen) atoms. The molecule has 0 aliphatic carbocycles. The van der Waals surface area contributed by atoms with Crippen molar-refractivity contribution in [2.24, 2.45) is 0 Å². The molecule has 0 radical (unpaired) electrons. The molecule has 114 valence electrons. The molecule has 2 aromatic carbocycles. The maximum absolute atomic E-state index is 13.5. The molecule has 0 saturated carbocycles. The first-order valence-corrected chi connectivity index (χ1v) is 6.93. The van der Waals surface area contributed by atoms with E-state index in [1.54, 1.807) is 24.3 Å². The van der Waals surface area contributed by atoms with Crippen LogP contribution in [-0.4, -0.2) is 11.8 Å². The number of anilines is 2. The smallest absolute Gasteiger partial charge is 0.228 e. The molecule has 0 aromatic heterocycles. The molecule has 6 heteroatoms. The van der Waals surface area contributed by atoms with Crippen LogP contribution in [-0.2, 0) is 16.0 Å². The van der Waals surface area contributed by atoms with Crippen LogP contribution in [0, 0.1) is 5.82 Å². The van der Waals surface area contributed by atoms with Crippen LogP contribution in [0.1, 0.15) is 12.5 Å². The largest absolute Gasteiger partial charge is 0.326 e. The van der Waals surface area contributed by atoms with Crippen LogP contribution in [0.3, 0.4) is 0 Å². The molecule has 0 heterocycles. The van der Waals surface area contributed by atoms with Crippen molar-refractivity contribution < 1.29 is 14.0 Å². The molecule has 0 bridgehead atoms. The number of carbonyl (C=O) groups excluding carboxylic acids is 2. The SMILES string of the molecule is CC(=O)Nc1cc(NC(=O)Cc2ccc(Cl)cc2)ccc1F. The van der Waals surface area contributed by atoms with Gasteiger partial charge in [0.15, 0.2) is 0 Å². The predicted molar refractivity (Wildman–Crippen MR) is 84.5 cm³/mol. The van der Waals surface area contributed by atoms with E-state index in [1.165, 1.54) is 25.1 Å². The van der Waals surface area contributed by atoms with Crippen LogP contribution < -0.4 is 10.6 Å². The highest BCUT2D eigenvalue weighted by Crippen LogP contribution is 2.20. The number of amides is 2. The van der Waals surface area contributed by atoms with Crippen LogP contribution >= 0.6 is 11.6 Å². The maximum atomic E-state index is 13.5. The van der Waals surface area contributed by atoms with Crippen molar-refractivity contribution in [3.8, 4) is 0 Å². The van der Waals surface area contributed by atoms with Crippen molar-refractivity contribution in [3.05, 3.63) is 58.9 Å². The minimum atomic E-state index is -0.564. The van der Waals surface area contributed by atoms with E-state index in [-0.39, 0.29) is 23.9 Å². The van der Waals surface area contributed by atoms with Crippen molar-refractivity contribution in [2.45, 2.75) is 13.3 Å². The van der Waals surface area contributed by atoms with Gasteiger partial charge in [0.2, 0.25) is 11.8 Å². The Morgan fingerprint density at radius 2 is 1.77 bits per heavy atom. The molecule has 2 amide bonds. The highest BCUT2D eigenvalue weighted by molar-refractivity contribution is 6.30. The van der Waals surface area contributed by atoms with Crippen LogP contribution in [0.5, 0.6) is 0 Å². The second kappa shape index (κ2) is 7.04. The van der Waals surface area contributed by atoms with Crippen LogP contribution in [0.4, 0.5) is 15.8 Å². The first-order valence-electron chi connectivity index (χ1n) is 6.55. The molecule has 0 aliphatic heterocycles. The number of nitrogens with one attached hydrogen (secondary N) is 2. The van der Waals surface area contributed by atoms with Gasteiger partial charge >= 0.3 is 0 Å². The highest BCUT2D eigenvalue weighted by Gasteiger charge is 2.08. The summed E-state index contributed by atoms with van der Waals surface area (Å²) in [6.45, 7) is 1.28. The van der Waals surface area contributed by atoms with Gasteiger partial charge < -0.3 is 10.6 Å². The Labute approximate surface area is 132 Å². The van der Waals surface area contributed by atoms with Crippen LogP contribution in [0.15, 0.2) is 42.5 Å². The summed E-state index contributed by atoms with van der Waals surface area (Å²) in [7, 11) is 0. The summed E-state index contributed by atoms with van der Waals surface area (Å²) in [5.41, 5.74) is 1.24. The average molecular weight is 321 g/mol. The van der Waals surface area contributed by atoms with Crippen molar-refractivity contribution in [3.63, 3.8) is 0 Å². The van der Waals surface area contributed by atoms with Gasteiger partial charge in [0.05, 0.1) is 12.1 Å². The van der Waals surface area contributed by atoms with E-state index in [1.807, 2.05) is 0 Å². The van der Waals surface area contributed by atoms with Gasteiger partial charge in [0.1, 0.15) is 5.82 Å². The van der Waals surface area contributed by atoms with E-state index < -0.39 is 5.82 Å². The lowest BCUT2D eigenvalue weighted by molar-refractivity contribution is -0.115. The van der Waals surface area contributed by atoms with Crippen molar-refractivity contribution in [1.82, 2.24) is 0 Å². The Hall–Kier alpha value is -2.40. The van der Waals surface area contributed by atoms with Crippen LogP contribution in [0.25, 0.3) is 0 Å². The van der Waals surface area contributed by atoms with Gasteiger partial charge in [0.25, 0.3) is 0 Å². The lowest BCUT2D eigenvalue weighted by atomic mass is 10.1. The summed E-state index contributed by atoms with van der Waals surface area (Å²) in [6, 6.07) is 10.9. The highest BCUT2D eigenvalue weighted by atomic mass is 35.5. The van der Waals surface area contributed by atoms with E-state index in [0.717, 1.165) is 5.56 Å². The van der Waals surface area contributed by atoms with Crippen molar-refractivity contribution >= 4 is 34.8 Å². The second-order valence-electron chi connectivity index (χ2n) is 4.73. The summed E-state index contributed by atoms with van der Waals surface area (Å²) in [6.07, 6.45) is 0.171. The Kier molecular flexibility index (Phi) is 5.12. The van der Waals surface area contributed by atoms with Gasteiger partial charge in [-0.05, 0) is 35.9 Å². The van der Waals surface area contributed by atoms with Crippen molar-refractivity contribution in [1.29, 1.82) is 0 Å². The summed E-state index contributed by atoms with van der Waals surface area (Å²) >= 11 is 5.78. The molecule has 0 aliphatic rings. The molecule has 0 atom stereocenters. The van der Waals surface area contributed by atoms with Gasteiger partial charge in [-0.1, -0.05) is 23.7 Å². The third-order valence-electron chi connectivity index (χ3n) is 2.84. The molecule has 2 aromatic rings. The van der Waals surface area contributed by atoms with E-state index in [9.17, 15) is 14.0 Å². The average Bonchev–Trinajstić information content (AvgIpc) is 2.44. The number of hydrogen-bond acceptors (Lipinski definition) is 2. The van der Waals surface area contributed by atoms with Gasteiger partial charge in [-0.3, -0.25) is 9.59 Å². The minimum absolute atomic E-state index is 0.0248. The Morgan fingerprint density at radius 1 is 1.09 bits per heavy atom. The van der Waals surface area contributed by atoms with E-state index >= 15 is 0 Å². The molecule has 2 rings (SSSR count). The van der Waals surface area contributed by atoms with Crippen LogP contribution in [0.2, 0.25) is 5.02 Å². The van der Waals surface area contributed by atoms with E-state index in [4.69, 9.17) is 11.6 Å². The number of rotatable bonds is 4. The number of hydrogen-bond donors (Lipinski definition) is 2. The molecule has 0 spiro atoms. The fourth-order valence-electron chi connectivity index (χ4n) is 1.88. The summed E-state index contributed by atoms with van der Waals surface area (Å²) in [5.74, 6) is -1.20. The van der Waals surface area contributed by atoms with Gasteiger partial charge in [-0.25, -0.2) is 4.39 Å². The Balaban J connectivity index is 2.05. The van der Waals surface area contributed by atoms with Gasteiger partial charge in [-0.15, -0.1) is 0 Å². The predicted octanol–water partition coefficient (Wildman–Crippen LogP) is 3.62. The summed E-state index contributed by atoms with van der Waals surface area (Å²) < 4.78 is 13.5. The first-order chi connectivity index (χ1) is 10.4. The molecular weight excluding hydrogens is 307 g/mol. The zero-order valence-corrected chi connectivity index (χ0v) is 12.6. The molecule has 0 fully saturated rings. The monoisotopic (exact) mass is 320 g/mol.